The van der Waals surface area contributed by atoms with Gasteiger partial charge in [-0.05, 0) is 30.3 Å². The van der Waals surface area contributed by atoms with E-state index in [9.17, 15) is 4.79 Å². The van der Waals surface area contributed by atoms with Crippen LogP contribution < -0.4 is 14.2 Å². The van der Waals surface area contributed by atoms with E-state index in [0.717, 1.165) is 55.5 Å². The number of ether oxygens (including phenoxy) is 3. The van der Waals surface area contributed by atoms with Gasteiger partial charge in [-0.25, -0.2) is 0 Å². The minimum atomic E-state index is 0.148. The van der Waals surface area contributed by atoms with Crippen LogP contribution in [0.4, 0.5) is 0 Å². The van der Waals surface area contributed by atoms with Crippen LogP contribution in [0.3, 0.4) is 0 Å². The summed E-state index contributed by atoms with van der Waals surface area (Å²) in [6, 6.07) is 15.4. The Hall–Kier alpha value is -2.73. The summed E-state index contributed by atoms with van der Waals surface area (Å²) in [5.74, 6) is 2.63. The predicted octanol–water partition coefficient (Wildman–Crippen LogP) is 2.82. The van der Waals surface area contributed by atoms with Crippen LogP contribution >= 0.6 is 0 Å². The molecule has 6 nitrogen and oxygen atoms in total. The number of piperazine rings is 1. The molecule has 0 N–H and O–H groups in total. The van der Waals surface area contributed by atoms with Gasteiger partial charge in [0.2, 0.25) is 5.91 Å². The van der Waals surface area contributed by atoms with Crippen LogP contribution in [0.1, 0.15) is 12.0 Å². The molecule has 1 aliphatic rings. The van der Waals surface area contributed by atoms with Gasteiger partial charge >= 0.3 is 0 Å². The minimum Gasteiger partial charge on any atom is -0.497 e. The van der Waals surface area contributed by atoms with Crippen molar-refractivity contribution in [2.45, 2.75) is 13.0 Å². The molecule has 1 fully saturated rings. The first-order chi connectivity index (χ1) is 13.7. The molecule has 1 heterocycles. The lowest BCUT2D eigenvalue weighted by Gasteiger charge is -2.35. The van der Waals surface area contributed by atoms with Crippen LogP contribution in [0.5, 0.6) is 17.2 Å². The van der Waals surface area contributed by atoms with Gasteiger partial charge in [-0.15, -0.1) is 0 Å². The molecule has 3 rings (SSSR count). The summed E-state index contributed by atoms with van der Waals surface area (Å²) in [7, 11) is 3.34. The second-order valence-electron chi connectivity index (χ2n) is 6.75. The molecule has 6 heteroatoms. The van der Waals surface area contributed by atoms with E-state index in [1.54, 1.807) is 14.2 Å². The van der Waals surface area contributed by atoms with E-state index in [2.05, 4.69) is 4.90 Å². The van der Waals surface area contributed by atoms with Gasteiger partial charge in [0.1, 0.15) is 17.2 Å². The fraction of sp³-hybridized carbons (Fsp3) is 0.409. The number of amides is 1. The fourth-order valence-corrected chi connectivity index (χ4v) is 3.33. The van der Waals surface area contributed by atoms with Crippen molar-refractivity contribution in [1.29, 1.82) is 0 Å². The van der Waals surface area contributed by atoms with Crippen LogP contribution in [0.15, 0.2) is 48.5 Å². The summed E-state index contributed by atoms with van der Waals surface area (Å²) in [5.41, 5.74) is 1.10. The summed E-state index contributed by atoms with van der Waals surface area (Å²) in [4.78, 5) is 16.7. The quantitative estimate of drug-likeness (QED) is 0.701. The normalized spacial score (nSPS) is 14.6. The van der Waals surface area contributed by atoms with Crippen LogP contribution in [-0.4, -0.2) is 62.7 Å². The van der Waals surface area contributed by atoms with Crippen molar-refractivity contribution in [2.24, 2.45) is 0 Å². The van der Waals surface area contributed by atoms with E-state index in [1.165, 1.54) is 0 Å². The van der Waals surface area contributed by atoms with Crippen molar-refractivity contribution in [1.82, 2.24) is 9.80 Å². The van der Waals surface area contributed by atoms with E-state index in [4.69, 9.17) is 14.2 Å². The fourth-order valence-electron chi connectivity index (χ4n) is 3.33. The van der Waals surface area contributed by atoms with Gasteiger partial charge in [-0.3, -0.25) is 9.69 Å². The van der Waals surface area contributed by atoms with E-state index < -0.39 is 0 Å². The third kappa shape index (κ3) is 5.39. The number of hydrogen-bond donors (Lipinski definition) is 0. The molecule has 0 saturated carbocycles. The number of carbonyl (C=O) groups is 1. The van der Waals surface area contributed by atoms with Crippen molar-refractivity contribution in [3.63, 3.8) is 0 Å². The Bertz CT molecular complexity index is 758. The molecule has 0 aliphatic carbocycles. The highest BCUT2D eigenvalue weighted by atomic mass is 16.5. The zero-order valence-electron chi connectivity index (χ0n) is 16.6. The molecule has 0 spiro atoms. The molecule has 0 radical (unpaired) electrons. The summed E-state index contributed by atoms with van der Waals surface area (Å²) >= 11 is 0. The molecule has 2 aromatic carbocycles. The molecule has 150 valence electrons. The van der Waals surface area contributed by atoms with Crippen molar-refractivity contribution in [3.05, 3.63) is 54.1 Å². The molecule has 1 amide bonds. The maximum Gasteiger partial charge on any atom is 0.226 e. The van der Waals surface area contributed by atoms with Gasteiger partial charge < -0.3 is 19.1 Å². The summed E-state index contributed by atoms with van der Waals surface area (Å²) in [6.07, 6.45) is 0.401. The molecule has 2 aromatic rings. The topological polar surface area (TPSA) is 51.2 Å². The summed E-state index contributed by atoms with van der Waals surface area (Å²) in [6.45, 7) is 4.33. The molecule has 0 atom stereocenters. The van der Waals surface area contributed by atoms with Gasteiger partial charge in [-0.1, -0.05) is 18.2 Å². The molecule has 1 saturated heterocycles. The molecule has 0 bridgehead atoms. The van der Waals surface area contributed by atoms with E-state index in [-0.39, 0.29) is 5.91 Å². The van der Waals surface area contributed by atoms with E-state index in [0.29, 0.717) is 13.0 Å². The van der Waals surface area contributed by atoms with Crippen molar-refractivity contribution >= 4 is 5.91 Å². The van der Waals surface area contributed by atoms with Crippen LogP contribution in [0.2, 0.25) is 0 Å². The average Bonchev–Trinajstić information content (AvgIpc) is 2.75. The van der Waals surface area contributed by atoms with Gasteiger partial charge in [0.15, 0.2) is 0 Å². The Morgan fingerprint density at radius 3 is 2.36 bits per heavy atom. The van der Waals surface area contributed by atoms with Crippen molar-refractivity contribution in [2.75, 3.05) is 47.0 Å². The minimum absolute atomic E-state index is 0.148. The number of para-hydroxylation sites is 1. The lowest BCUT2D eigenvalue weighted by molar-refractivity contribution is -0.133. The second kappa shape index (κ2) is 9.99. The SMILES string of the molecule is COc1ccc(OC)c(CN2CCN(C(=O)CCOc3ccccc3)CC2)c1. The van der Waals surface area contributed by atoms with Gasteiger partial charge in [-0.2, -0.15) is 0 Å². The molecular weight excluding hydrogens is 356 g/mol. The monoisotopic (exact) mass is 384 g/mol. The van der Waals surface area contributed by atoms with E-state index >= 15 is 0 Å². The van der Waals surface area contributed by atoms with Crippen molar-refractivity contribution in [3.8, 4) is 17.2 Å². The number of nitrogens with zero attached hydrogens (tertiary/aromatic N) is 2. The lowest BCUT2D eigenvalue weighted by Crippen LogP contribution is -2.48. The Morgan fingerprint density at radius 2 is 1.68 bits per heavy atom. The third-order valence-electron chi connectivity index (χ3n) is 4.93. The molecular formula is C22H28N2O4. The summed E-state index contributed by atoms with van der Waals surface area (Å²) < 4.78 is 16.4. The first-order valence-corrected chi connectivity index (χ1v) is 9.58. The Labute approximate surface area is 166 Å². The Kier molecular flexibility index (Phi) is 7.14. The van der Waals surface area contributed by atoms with Crippen molar-refractivity contribution < 1.29 is 19.0 Å². The number of methoxy groups -OCH3 is 2. The maximum atomic E-state index is 12.4. The molecule has 0 unspecified atom stereocenters. The Morgan fingerprint density at radius 1 is 0.929 bits per heavy atom. The number of benzene rings is 2. The predicted molar refractivity (Wildman–Crippen MR) is 108 cm³/mol. The maximum absolute atomic E-state index is 12.4. The van der Waals surface area contributed by atoms with E-state index in [1.807, 2.05) is 53.4 Å². The molecule has 28 heavy (non-hydrogen) atoms. The third-order valence-corrected chi connectivity index (χ3v) is 4.93. The number of carbonyl (C=O) groups excluding carboxylic acids is 1. The van der Waals surface area contributed by atoms with Crippen LogP contribution in [0, 0.1) is 0 Å². The molecule has 1 aliphatic heterocycles. The van der Waals surface area contributed by atoms with Gasteiger partial charge in [0.05, 0.1) is 27.2 Å². The first kappa shape index (κ1) is 20.0. The zero-order valence-corrected chi connectivity index (χ0v) is 16.6. The number of hydrogen-bond acceptors (Lipinski definition) is 5. The number of rotatable bonds is 8. The smallest absolute Gasteiger partial charge is 0.226 e. The standard InChI is InChI=1S/C22H28N2O4/c1-26-20-8-9-21(27-2)18(16-20)17-23-11-13-24(14-12-23)22(25)10-15-28-19-6-4-3-5-7-19/h3-9,16H,10-15,17H2,1-2H3. The Balaban J connectivity index is 1.44. The second-order valence-corrected chi connectivity index (χ2v) is 6.75. The van der Waals surface area contributed by atoms with Gasteiger partial charge in [0, 0.05) is 38.3 Å². The van der Waals surface area contributed by atoms with Gasteiger partial charge in [0.25, 0.3) is 0 Å². The highest BCUT2D eigenvalue weighted by molar-refractivity contribution is 5.76. The lowest BCUT2D eigenvalue weighted by atomic mass is 10.1. The molecule has 0 aromatic heterocycles. The zero-order chi connectivity index (χ0) is 19.8. The first-order valence-electron chi connectivity index (χ1n) is 9.58. The van der Waals surface area contributed by atoms with Crippen LogP contribution in [-0.2, 0) is 11.3 Å². The largest absolute Gasteiger partial charge is 0.497 e. The summed E-state index contributed by atoms with van der Waals surface area (Å²) in [5, 5.41) is 0. The highest BCUT2D eigenvalue weighted by Crippen LogP contribution is 2.25. The highest BCUT2D eigenvalue weighted by Gasteiger charge is 2.22. The average molecular weight is 384 g/mol. The van der Waals surface area contributed by atoms with Crippen LogP contribution in [0.25, 0.3) is 0 Å².